The van der Waals surface area contributed by atoms with Crippen LogP contribution in [0.2, 0.25) is 0 Å². The standard InChI is InChI=1S/C22H17F2N3O3S2/c1-3-9-27-21(29)18-13(16-8-7-12(2)30-16)10-31-20(18)26-22(27)32-11-17(28)25-19-14(23)5-4-6-15(19)24/h3-8,10H,1,9,11H2,2H3,(H,25,28). The zero-order valence-electron chi connectivity index (χ0n) is 16.9. The van der Waals surface area contributed by atoms with Crippen LogP contribution in [0.4, 0.5) is 14.5 Å². The number of nitrogens with one attached hydrogen (secondary N) is 1. The second-order valence-electron chi connectivity index (χ2n) is 6.77. The van der Waals surface area contributed by atoms with E-state index in [9.17, 15) is 18.4 Å². The van der Waals surface area contributed by atoms with E-state index in [2.05, 4.69) is 16.9 Å². The van der Waals surface area contributed by atoms with Crippen molar-refractivity contribution < 1.29 is 18.0 Å². The van der Waals surface area contributed by atoms with Gasteiger partial charge in [0, 0.05) is 17.5 Å². The summed E-state index contributed by atoms with van der Waals surface area (Å²) in [4.78, 5) is 30.6. The van der Waals surface area contributed by atoms with E-state index in [0.29, 0.717) is 26.7 Å². The first-order valence-corrected chi connectivity index (χ1v) is 11.3. The molecule has 0 saturated heterocycles. The van der Waals surface area contributed by atoms with Gasteiger partial charge in [0.2, 0.25) is 5.91 Å². The Morgan fingerprint density at radius 1 is 1.31 bits per heavy atom. The molecule has 0 bridgehead atoms. The van der Waals surface area contributed by atoms with Crippen molar-refractivity contribution in [3.63, 3.8) is 0 Å². The fraction of sp³-hybridized carbons (Fsp3) is 0.136. The van der Waals surface area contributed by atoms with Gasteiger partial charge in [-0.05, 0) is 31.2 Å². The third-order valence-electron chi connectivity index (χ3n) is 4.54. The molecule has 0 atom stereocenters. The quantitative estimate of drug-likeness (QED) is 0.226. The fourth-order valence-electron chi connectivity index (χ4n) is 3.09. The van der Waals surface area contributed by atoms with Crippen LogP contribution in [0.3, 0.4) is 0 Å². The molecule has 3 heterocycles. The minimum atomic E-state index is -0.870. The Kier molecular flexibility index (Phi) is 6.24. The van der Waals surface area contributed by atoms with Crippen molar-refractivity contribution in [3.8, 4) is 11.3 Å². The maximum atomic E-state index is 13.8. The van der Waals surface area contributed by atoms with E-state index in [1.165, 1.54) is 22.0 Å². The van der Waals surface area contributed by atoms with E-state index < -0.39 is 23.2 Å². The molecule has 1 N–H and O–H groups in total. The molecule has 0 aliphatic heterocycles. The summed E-state index contributed by atoms with van der Waals surface area (Å²) in [7, 11) is 0. The summed E-state index contributed by atoms with van der Waals surface area (Å²) < 4.78 is 34.6. The molecule has 1 amide bonds. The number of allylic oxidation sites excluding steroid dienone is 1. The van der Waals surface area contributed by atoms with Crippen molar-refractivity contribution in [1.29, 1.82) is 0 Å². The summed E-state index contributed by atoms with van der Waals surface area (Å²) in [6, 6.07) is 6.93. The molecule has 0 saturated carbocycles. The van der Waals surface area contributed by atoms with Gasteiger partial charge in [-0.3, -0.25) is 14.2 Å². The number of amides is 1. The minimum absolute atomic E-state index is 0.181. The van der Waals surface area contributed by atoms with Crippen LogP contribution in [0.5, 0.6) is 0 Å². The van der Waals surface area contributed by atoms with Crippen molar-refractivity contribution >= 4 is 44.9 Å². The number of halogens is 2. The molecule has 0 aliphatic carbocycles. The number of fused-ring (bicyclic) bond motifs is 1. The average molecular weight is 474 g/mol. The molecular weight excluding hydrogens is 456 g/mol. The largest absolute Gasteiger partial charge is 0.461 e. The Morgan fingerprint density at radius 3 is 2.72 bits per heavy atom. The molecule has 0 radical (unpaired) electrons. The second kappa shape index (κ2) is 9.09. The van der Waals surface area contributed by atoms with Crippen molar-refractivity contribution in [2.24, 2.45) is 0 Å². The summed E-state index contributed by atoms with van der Waals surface area (Å²) >= 11 is 2.29. The van der Waals surface area contributed by atoms with Crippen molar-refractivity contribution in [2.75, 3.05) is 11.1 Å². The number of carbonyl (C=O) groups excluding carboxylic acids is 1. The van der Waals surface area contributed by atoms with E-state index in [1.807, 2.05) is 13.0 Å². The van der Waals surface area contributed by atoms with Crippen LogP contribution in [0.15, 0.2) is 62.7 Å². The van der Waals surface area contributed by atoms with E-state index in [0.717, 1.165) is 29.7 Å². The smallest absolute Gasteiger partial charge is 0.263 e. The van der Waals surface area contributed by atoms with E-state index in [1.54, 1.807) is 17.5 Å². The third kappa shape index (κ3) is 4.23. The topological polar surface area (TPSA) is 77.1 Å². The fourth-order valence-corrected chi connectivity index (χ4v) is 4.87. The molecule has 0 spiro atoms. The predicted molar refractivity (Wildman–Crippen MR) is 122 cm³/mol. The highest BCUT2D eigenvalue weighted by Gasteiger charge is 2.20. The zero-order chi connectivity index (χ0) is 22.8. The number of thiophene rings is 1. The lowest BCUT2D eigenvalue weighted by Gasteiger charge is -2.11. The van der Waals surface area contributed by atoms with Crippen molar-refractivity contribution in [3.05, 3.63) is 76.1 Å². The van der Waals surface area contributed by atoms with Crippen LogP contribution < -0.4 is 10.9 Å². The first-order chi connectivity index (χ1) is 15.4. The first kappa shape index (κ1) is 22.0. The number of hydrogen-bond donors (Lipinski definition) is 1. The van der Waals surface area contributed by atoms with Gasteiger partial charge in [-0.15, -0.1) is 17.9 Å². The van der Waals surface area contributed by atoms with Crippen LogP contribution in [0.1, 0.15) is 5.76 Å². The number of aromatic nitrogens is 2. The number of thioether (sulfide) groups is 1. The van der Waals surface area contributed by atoms with E-state index >= 15 is 0 Å². The number of benzene rings is 1. The van der Waals surface area contributed by atoms with Crippen LogP contribution in [-0.4, -0.2) is 21.2 Å². The first-order valence-electron chi connectivity index (χ1n) is 9.45. The molecule has 3 aromatic heterocycles. The molecular formula is C22H17F2N3O3S2. The molecule has 0 aliphatic rings. The lowest BCUT2D eigenvalue weighted by atomic mass is 10.2. The molecule has 6 nitrogen and oxygen atoms in total. The Hall–Kier alpha value is -3.24. The number of hydrogen-bond acceptors (Lipinski definition) is 6. The summed E-state index contributed by atoms with van der Waals surface area (Å²) in [6.45, 7) is 5.68. The van der Waals surface area contributed by atoms with Gasteiger partial charge in [-0.25, -0.2) is 13.8 Å². The Morgan fingerprint density at radius 2 is 2.06 bits per heavy atom. The van der Waals surface area contributed by atoms with Crippen molar-refractivity contribution in [1.82, 2.24) is 9.55 Å². The van der Waals surface area contributed by atoms with Gasteiger partial charge in [0.25, 0.3) is 5.56 Å². The van der Waals surface area contributed by atoms with Gasteiger partial charge in [0.15, 0.2) is 5.16 Å². The van der Waals surface area contributed by atoms with E-state index in [4.69, 9.17) is 4.42 Å². The van der Waals surface area contributed by atoms with Crippen LogP contribution >= 0.6 is 23.1 Å². The van der Waals surface area contributed by atoms with Gasteiger partial charge < -0.3 is 9.73 Å². The van der Waals surface area contributed by atoms with Crippen LogP contribution in [-0.2, 0) is 11.3 Å². The second-order valence-corrected chi connectivity index (χ2v) is 8.57. The molecule has 4 aromatic rings. The van der Waals surface area contributed by atoms with Gasteiger partial charge in [0.05, 0.1) is 11.1 Å². The number of para-hydroxylation sites is 1. The van der Waals surface area contributed by atoms with E-state index in [-0.39, 0.29) is 17.9 Å². The lowest BCUT2D eigenvalue weighted by Crippen LogP contribution is -2.23. The SMILES string of the molecule is C=CCn1c(SCC(=O)Nc2c(F)cccc2F)nc2scc(-c3ccc(C)o3)c2c1=O. The zero-order valence-corrected chi connectivity index (χ0v) is 18.5. The number of carbonyl (C=O) groups is 1. The minimum Gasteiger partial charge on any atom is -0.461 e. The summed E-state index contributed by atoms with van der Waals surface area (Å²) in [5, 5.41) is 4.75. The highest BCUT2D eigenvalue weighted by atomic mass is 32.2. The number of furan rings is 1. The number of rotatable bonds is 7. The lowest BCUT2D eigenvalue weighted by molar-refractivity contribution is -0.113. The van der Waals surface area contributed by atoms with Gasteiger partial charge in [-0.1, -0.05) is 23.9 Å². The summed E-state index contributed by atoms with van der Waals surface area (Å²) in [5.41, 5.74) is -0.150. The average Bonchev–Trinajstić information content (AvgIpc) is 3.38. The Bertz CT molecular complexity index is 1370. The molecule has 0 fully saturated rings. The maximum Gasteiger partial charge on any atom is 0.263 e. The Labute approximate surface area is 189 Å². The van der Waals surface area contributed by atoms with Gasteiger partial charge >= 0.3 is 0 Å². The molecule has 4 rings (SSSR count). The Balaban J connectivity index is 1.64. The summed E-state index contributed by atoms with van der Waals surface area (Å²) in [6.07, 6.45) is 1.55. The molecule has 1 aromatic carbocycles. The molecule has 10 heteroatoms. The van der Waals surface area contributed by atoms with Crippen LogP contribution in [0, 0.1) is 18.6 Å². The summed E-state index contributed by atoms with van der Waals surface area (Å²) in [5.74, 6) is -1.26. The molecule has 164 valence electrons. The third-order valence-corrected chi connectivity index (χ3v) is 6.38. The predicted octanol–water partition coefficient (Wildman–Crippen LogP) is 5.22. The number of anilines is 1. The van der Waals surface area contributed by atoms with Crippen LogP contribution in [0.25, 0.3) is 21.5 Å². The van der Waals surface area contributed by atoms with Gasteiger partial charge in [-0.2, -0.15) is 0 Å². The molecule has 32 heavy (non-hydrogen) atoms. The highest BCUT2D eigenvalue weighted by Crippen LogP contribution is 2.33. The normalized spacial score (nSPS) is 11.1. The van der Waals surface area contributed by atoms with Gasteiger partial charge in [0.1, 0.15) is 33.7 Å². The molecule has 0 unspecified atom stereocenters. The van der Waals surface area contributed by atoms with Crippen molar-refractivity contribution in [2.45, 2.75) is 18.6 Å². The monoisotopic (exact) mass is 473 g/mol. The highest BCUT2D eigenvalue weighted by molar-refractivity contribution is 7.99. The number of nitrogens with zero attached hydrogens (tertiary/aromatic N) is 2. The maximum absolute atomic E-state index is 13.8. The number of aryl methyl sites for hydroxylation is 1.